The molecule has 1 saturated carbocycles. The summed E-state index contributed by atoms with van der Waals surface area (Å²) in [6, 6.07) is 23.0. The Kier molecular flexibility index (Phi) is 5.27. The summed E-state index contributed by atoms with van der Waals surface area (Å²) in [6.07, 6.45) is 4.71. The highest BCUT2D eigenvalue weighted by Crippen LogP contribution is 2.65. The van der Waals surface area contributed by atoms with Crippen molar-refractivity contribution in [2.75, 3.05) is 11.4 Å². The first kappa shape index (κ1) is 22.4. The molecular weight excluding hydrogens is 487 g/mol. The second-order valence-electron chi connectivity index (χ2n) is 9.62. The van der Waals surface area contributed by atoms with Gasteiger partial charge in [0.15, 0.2) is 0 Å². The van der Waals surface area contributed by atoms with Crippen molar-refractivity contribution >= 4 is 38.9 Å². The number of hydrogen-bond acceptors (Lipinski definition) is 3. The van der Waals surface area contributed by atoms with Crippen LogP contribution in [0.5, 0.6) is 0 Å². The molecule has 2 aliphatic heterocycles. The number of hydrogen-bond donors (Lipinski definition) is 0. The van der Waals surface area contributed by atoms with E-state index in [2.05, 4.69) is 35.2 Å². The van der Waals surface area contributed by atoms with Crippen LogP contribution in [-0.2, 0) is 22.0 Å². The van der Waals surface area contributed by atoms with E-state index >= 15 is 0 Å². The molecule has 4 nitrogen and oxygen atoms in total. The Labute approximate surface area is 211 Å². The van der Waals surface area contributed by atoms with Gasteiger partial charge in [-0.1, -0.05) is 60.0 Å². The van der Waals surface area contributed by atoms with Gasteiger partial charge in [-0.3, -0.25) is 0 Å². The molecule has 0 radical (unpaired) electrons. The van der Waals surface area contributed by atoms with E-state index in [4.69, 9.17) is 23.2 Å². The molecule has 1 aliphatic carbocycles. The third-order valence-electron chi connectivity index (χ3n) is 8.09. The van der Waals surface area contributed by atoms with Gasteiger partial charge in [0.05, 0.1) is 4.90 Å². The third kappa shape index (κ3) is 3.03. The molecule has 176 valence electrons. The van der Waals surface area contributed by atoms with Gasteiger partial charge in [-0.25, -0.2) is 8.42 Å². The fourth-order valence-electron chi connectivity index (χ4n) is 6.82. The molecular formula is C27H26Cl2N2O2S. The maximum atomic E-state index is 14.2. The van der Waals surface area contributed by atoms with E-state index in [-0.39, 0.29) is 5.41 Å². The monoisotopic (exact) mass is 512 g/mol. The summed E-state index contributed by atoms with van der Waals surface area (Å²) < 4.78 is 30.2. The summed E-state index contributed by atoms with van der Waals surface area (Å²) in [4.78, 5) is 2.67. The molecule has 0 N–H and O–H groups in total. The predicted octanol–water partition coefficient (Wildman–Crippen LogP) is 6.62. The Hall–Kier alpha value is -2.05. The molecule has 34 heavy (non-hydrogen) atoms. The van der Waals surface area contributed by atoms with Gasteiger partial charge >= 0.3 is 0 Å². The van der Waals surface area contributed by atoms with Crippen molar-refractivity contribution in [1.82, 2.24) is 4.31 Å². The summed E-state index contributed by atoms with van der Waals surface area (Å²) in [7, 11) is -3.74. The zero-order valence-electron chi connectivity index (χ0n) is 18.8. The van der Waals surface area contributed by atoms with Gasteiger partial charge in [-0.2, -0.15) is 4.31 Å². The van der Waals surface area contributed by atoms with E-state index in [1.54, 1.807) is 24.3 Å². The molecule has 3 aliphatic rings. The van der Waals surface area contributed by atoms with Crippen molar-refractivity contribution in [2.45, 2.75) is 54.6 Å². The average molecular weight is 513 g/mol. The molecule has 0 bridgehead atoms. The Morgan fingerprint density at radius 3 is 2.38 bits per heavy atom. The Bertz CT molecular complexity index is 1360. The lowest BCUT2D eigenvalue weighted by molar-refractivity contribution is 0.104. The van der Waals surface area contributed by atoms with Gasteiger partial charge < -0.3 is 4.90 Å². The number of sulfonamides is 1. The number of para-hydroxylation sites is 1. The van der Waals surface area contributed by atoms with Crippen LogP contribution in [0, 0.1) is 0 Å². The number of anilines is 1. The van der Waals surface area contributed by atoms with E-state index in [1.165, 1.54) is 5.56 Å². The van der Waals surface area contributed by atoms with Crippen molar-refractivity contribution in [1.29, 1.82) is 0 Å². The van der Waals surface area contributed by atoms with E-state index in [0.717, 1.165) is 43.4 Å². The van der Waals surface area contributed by atoms with Gasteiger partial charge in [0, 0.05) is 34.2 Å². The maximum Gasteiger partial charge on any atom is 0.245 e. The Morgan fingerprint density at radius 2 is 1.59 bits per heavy atom. The van der Waals surface area contributed by atoms with Gasteiger partial charge in [0.2, 0.25) is 10.0 Å². The highest BCUT2D eigenvalue weighted by Gasteiger charge is 2.70. The topological polar surface area (TPSA) is 40.6 Å². The minimum absolute atomic E-state index is 0.222. The summed E-state index contributed by atoms with van der Waals surface area (Å²) >= 11 is 12.4. The van der Waals surface area contributed by atoms with Crippen molar-refractivity contribution < 1.29 is 8.42 Å². The summed E-state index contributed by atoms with van der Waals surface area (Å²) in [5.74, 6) is 0. The van der Waals surface area contributed by atoms with E-state index in [1.807, 2.05) is 22.5 Å². The smallest absolute Gasteiger partial charge is 0.245 e. The van der Waals surface area contributed by atoms with Crippen LogP contribution >= 0.6 is 23.2 Å². The molecule has 1 saturated heterocycles. The number of halogens is 2. The van der Waals surface area contributed by atoms with Gasteiger partial charge in [0.25, 0.3) is 0 Å². The number of fused-ring (bicyclic) bond motifs is 1. The standard InChI is InChI=1S/C27H26Cl2N2O2S/c28-21-10-12-23(13-11-21)34(32,33)31-17-16-26-14-3-4-15-27(26,31)30(25-9-2-1-8-24(25)26)19-20-6-5-7-22(29)18-20/h1-2,5-13,18H,3-4,14-17,19H2/t26-,27-/m1/s1. The van der Waals surface area contributed by atoms with Crippen LogP contribution in [0.2, 0.25) is 10.0 Å². The largest absolute Gasteiger partial charge is 0.347 e. The second-order valence-corrected chi connectivity index (χ2v) is 12.4. The fourth-order valence-corrected chi connectivity index (χ4v) is 8.98. The van der Waals surface area contributed by atoms with Crippen LogP contribution < -0.4 is 4.90 Å². The van der Waals surface area contributed by atoms with Crippen LogP contribution in [0.4, 0.5) is 5.69 Å². The lowest BCUT2D eigenvalue weighted by Gasteiger charge is -2.53. The fraction of sp³-hybridized carbons (Fsp3) is 0.333. The van der Waals surface area contributed by atoms with Gasteiger partial charge in [-0.15, -0.1) is 0 Å². The highest BCUT2D eigenvalue weighted by molar-refractivity contribution is 7.89. The first-order valence-electron chi connectivity index (χ1n) is 11.8. The predicted molar refractivity (Wildman–Crippen MR) is 137 cm³/mol. The normalized spacial score (nSPS) is 26.2. The summed E-state index contributed by atoms with van der Waals surface area (Å²) in [6.45, 7) is 1.11. The molecule has 0 spiro atoms. The minimum Gasteiger partial charge on any atom is -0.347 e. The molecule has 2 heterocycles. The molecule has 2 fully saturated rings. The first-order chi connectivity index (χ1) is 16.4. The molecule has 7 heteroatoms. The van der Waals surface area contributed by atoms with Gasteiger partial charge in [-0.05, 0) is 79.3 Å². The SMILES string of the molecule is O=S(=O)(c1ccc(Cl)cc1)N1CC[C@@]23CCCC[C@@]12N(Cc1cccc(Cl)c1)c1ccccc13. The van der Waals surface area contributed by atoms with Crippen LogP contribution in [-0.4, -0.2) is 24.9 Å². The van der Waals surface area contributed by atoms with Crippen LogP contribution in [0.3, 0.4) is 0 Å². The van der Waals surface area contributed by atoms with Crippen LogP contribution in [0.25, 0.3) is 0 Å². The van der Waals surface area contributed by atoms with E-state index in [9.17, 15) is 8.42 Å². The molecule has 0 amide bonds. The van der Waals surface area contributed by atoms with Gasteiger partial charge in [0.1, 0.15) is 5.66 Å². The van der Waals surface area contributed by atoms with Crippen molar-refractivity contribution in [3.8, 4) is 0 Å². The molecule has 0 aromatic heterocycles. The lowest BCUT2D eigenvalue weighted by Crippen LogP contribution is -2.65. The number of nitrogens with zero attached hydrogens (tertiary/aromatic N) is 2. The molecule has 0 unspecified atom stereocenters. The van der Waals surface area contributed by atoms with E-state index in [0.29, 0.717) is 28.0 Å². The first-order valence-corrected chi connectivity index (χ1v) is 14.0. The number of rotatable bonds is 4. The minimum atomic E-state index is -3.74. The van der Waals surface area contributed by atoms with Crippen molar-refractivity contribution in [3.63, 3.8) is 0 Å². The average Bonchev–Trinajstić information content (AvgIpc) is 3.31. The zero-order valence-corrected chi connectivity index (χ0v) is 21.1. The maximum absolute atomic E-state index is 14.2. The summed E-state index contributed by atoms with van der Waals surface area (Å²) in [5, 5.41) is 1.22. The Balaban J connectivity index is 1.55. The van der Waals surface area contributed by atoms with Crippen molar-refractivity contribution in [2.24, 2.45) is 0 Å². The van der Waals surface area contributed by atoms with Crippen LogP contribution in [0.1, 0.15) is 43.2 Å². The lowest BCUT2D eigenvalue weighted by atomic mass is 9.64. The molecule has 3 aromatic carbocycles. The Morgan fingerprint density at radius 1 is 0.824 bits per heavy atom. The molecule has 6 rings (SSSR count). The summed E-state index contributed by atoms with van der Waals surface area (Å²) in [5.41, 5.74) is 2.63. The second kappa shape index (κ2) is 7.99. The van der Waals surface area contributed by atoms with Crippen molar-refractivity contribution in [3.05, 3.63) is 94.0 Å². The van der Waals surface area contributed by atoms with Crippen LogP contribution in [0.15, 0.2) is 77.7 Å². The number of benzene rings is 3. The third-order valence-corrected chi connectivity index (χ3v) is 10.5. The van der Waals surface area contributed by atoms with E-state index < -0.39 is 15.7 Å². The molecule has 2 atom stereocenters. The zero-order chi connectivity index (χ0) is 23.6. The molecule has 3 aromatic rings. The highest BCUT2D eigenvalue weighted by atomic mass is 35.5. The quantitative estimate of drug-likeness (QED) is 0.394.